The van der Waals surface area contributed by atoms with Crippen molar-refractivity contribution in [2.75, 3.05) is 29.1 Å². The van der Waals surface area contributed by atoms with Gasteiger partial charge in [-0.05, 0) is 36.2 Å². The Kier molecular flexibility index (Phi) is 7.02. The Morgan fingerprint density at radius 1 is 0.962 bits per heavy atom. The number of rotatable bonds is 8. The van der Waals surface area contributed by atoms with Gasteiger partial charge in [0, 0.05) is 30.1 Å². The van der Waals surface area contributed by atoms with Crippen LogP contribution in [-0.2, 0) is 9.59 Å². The molecule has 0 atom stereocenters. The summed E-state index contributed by atoms with van der Waals surface area (Å²) in [4.78, 5) is 23.2. The summed E-state index contributed by atoms with van der Waals surface area (Å²) < 4.78 is 5.68. The molecule has 3 N–H and O–H groups in total. The van der Waals surface area contributed by atoms with Gasteiger partial charge in [0.15, 0.2) is 0 Å². The van der Waals surface area contributed by atoms with Crippen molar-refractivity contribution in [2.45, 2.75) is 20.8 Å². The Morgan fingerprint density at radius 3 is 2.31 bits per heavy atom. The summed E-state index contributed by atoms with van der Waals surface area (Å²) in [6, 6.07) is 14.5. The van der Waals surface area contributed by atoms with Gasteiger partial charge in [-0.25, -0.2) is 0 Å². The van der Waals surface area contributed by atoms with Crippen molar-refractivity contribution in [2.24, 2.45) is 5.92 Å². The van der Waals surface area contributed by atoms with Gasteiger partial charge in [-0.2, -0.15) is 0 Å². The zero-order valence-electron chi connectivity index (χ0n) is 15.3. The first-order valence-electron chi connectivity index (χ1n) is 8.56. The SMILES string of the molecule is CC(=O)Nc1cccc(NC(=O)CNc2cccc(OCC(C)C)c2)c1. The van der Waals surface area contributed by atoms with Gasteiger partial charge in [-0.15, -0.1) is 0 Å². The van der Waals surface area contributed by atoms with E-state index in [9.17, 15) is 9.59 Å². The molecular formula is C20H25N3O3. The highest BCUT2D eigenvalue weighted by molar-refractivity contribution is 5.95. The van der Waals surface area contributed by atoms with Crippen molar-refractivity contribution in [3.05, 3.63) is 48.5 Å². The quantitative estimate of drug-likeness (QED) is 0.674. The van der Waals surface area contributed by atoms with Crippen LogP contribution in [0.4, 0.5) is 17.1 Å². The Hall–Kier alpha value is -3.02. The average molecular weight is 355 g/mol. The number of benzene rings is 2. The summed E-state index contributed by atoms with van der Waals surface area (Å²) in [5.41, 5.74) is 2.07. The van der Waals surface area contributed by atoms with E-state index >= 15 is 0 Å². The molecule has 0 aliphatic heterocycles. The van der Waals surface area contributed by atoms with Crippen molar-refractivity contribution in [1.29, 1.82) is 0 Å². The van der Waals surface area contributed by atoms with Crippen LogP contribution in [0.25, 0.3) is 0 Å². The molecule has 0 unspecified atom stereocenters. The molecule has 0 aromatic heterocycles. The number of anilines is 3. The van der Waals surface area contributed by atoms with Crippen LogP contribution in [0, 0.1) is 5.92 Å². The average Bonchev–Trinajstić information content (AvgIpc) is 2.58. The first-order chi connectivity index (χ1) is 12.4. The van der Waals surface area contributed by atoms with E-state index in [1.807, 2.05) is 24.3 Å². The molecule has 0 radical (unpaired) electrons. The fourth-order valence-electron chi connectivity index (χ4n) is 2.22. The maximum atomic E-state index is 12.1. The Bertz CT molecular complexity index is 759. The summed E-state index contributed by atoms with van der Waals surface area (Å²) in [5, 5.41) is 8.56. The maximum Gasteiger partial charge on any atom is 0.243 e. The highest BCUT2D eigenvalue weighted by atomic mass is 16.5. The summed E-state index contributed by atoms with van der Waals surface area (Å²) >= 11 is 0. The number of ether oxygens (including phenoxy) is 1. The summed E-state index contributed by atoms with van der Waals surface area (Å²) in [7, 11) is 0. The van der Waals surface area contributed by atoms with E-state index in [4.69, 9.17) is 4.74 Å². The number of carbonyl (C=O) groups excluding carboxylic acids is 2. The molecule has 2 rings (SSSR count). The highest BCUT2D eigenvalue weighted by Crippen LogP contribution is 2.18. The zero-order valence-corrected chi connectivity index (χ0v) is 15.3. The van der Waals surface area contributed by atoms with E-state index in [2.05, 4.69) is 29.8 Å². The second kappa shape index (κ2) is 9.46. The van der Waals surface area contributed by atoms with Crippen LogP contribution in [0.2, 0.25) is 0 Å². The minimum absolute atomic E-state index is 0.123. The molecule has 2 aromatic carbocycles. The molecule has 0 aliphatic carbocycles. The molecular weight excluding hydrogens is 330 g/mol. The molecule has 0 spiro atoms. The van der Waals surface area contributed by atoms with E-state index in [0.717, 1.165) is 11.4 Å². The maximum absolute atomic E-state index is 12.1. The Labute approximate surface area is 153 Å². The first kappa shape index (κ1) is 19.3. The summed E-state index contributed by atoms with van der Waals surface area (Å²) in [6.07, 6.45) is 0. The van der Waals surface area contributed by atoms with Crippen molar-refractivity contribution in [3.8, 4) is 5.75 Å². The van der Waals surface area contributed by atoms with E-state index in [-0.39, 0.29) is 18.4 Å². The third-order valence-corrected chi connectivity index (χ3v) is 3.34. The number of amides is 2. The van der Waals surface area contributed by atoms with Crippen LogP contribution >= 0.6 is 0 Å². The van der Waals surface area contributed by atoms with Gasteiger partial charge in [0.2, 0.25) is 11.8 Å². The minimum atomic E-state index is -0.182. The molecule has 6 heteroatoms. The third kappa shape index (κ3) is 6.84. The van der Waals surface area contributed by atoms with Crippen LogP contribution in [-0.4, -0.2) is 25.0 Å². The van der Waals surface area contributed by atoms with Crippen molar-refractivity contribution < 1.29 is 14.3 Å². The highest BCUT2D eigenvalue weighted by Gasteiger charge is 2.05. The Morgan fingerprint density at radius 2 is 1.62 bits per heavy atom. The molecule has 0 heterocycles. The van der Waals surface area contributed by atoms with Crippen molar-refractivity contribution >= 4 is 28.9 Å². The van der Waals surface area contributed by atoms with E-state index in [1.165, 1.54) is 6.92 Å². The van der Waals surface area contributed by atoms with Gasteiger partial charge < -0.3 is 20.7 Å². The fourth-order valence-corrected chi connectivity index (χ4v) is 2.22. The van der Waals surface area contributed by atoms with Crippen molar-refractivity contribution in [1.82, 2.24) is 0 Å². The standard InChI is InChI=1S/C20H25N3O3/c1-14(2)13-26-19-9-5-6-16(11-19)21-12-20(25)23-18-8-4-7-17(10-18)22-15(3)24/h4-11,14,21H,12-13H2,1-3H3,(H,22,24)(H,23,25). The lowest BCUT2D eigenvalue weighted by Gasteiger charge is -2.12. The van der Waals surface area contributed by atoms with E-state index < -0.39 is 0 Å². The summed E-state index contributed by atoms with van der Waals surface area (Å²) in [6.45, 7) is 6.39. The van der Waals surface area contributed by atoms with E-state index in [1.54, 1.807) is 24.3 Å². The molecule has 0 saturated heterocycles. The molecule has 2 aromatic rings. The lowest BCUT2D eigenvalue weighted by Crippen LogP contribution is -2.21. The predicted molar refractivity (Wildman–Crippen MR) is 105 cm³/mol. The monoisotopic (exact) mass is 355 g/mol. The lowest BCUT2D eigenvalue weighted by molar-refractivity contribution is -0.115. The second-order valence-corrected chi connectivity index (χ2v) is 6.40. The van der Waals surface area contributed by atoms with Crippen molar-refractivity contribution in [3.63, 3.8) is 0 Å². The molecule has 26 heavy (non-hydrogen) atoms. The van der Waals surface area contributed by atoms with Gasteiger partial charge in [0.25, 0.3) is 0 Å². The normalized spacial score (nSPS) is 10.3. The summed E-state index contributed by atoms with van der Waals surface area (Å²) in [5.74, 6) is 0.881. The molecule has 0 bridgehead atoms. The molecule has 138 valence electrons. The largest absolute Gasteiger partial charge is 0.493 e. The number of carbonyl (C=O) groups is 2. The van der Waals surface area contributed by atoms with Crippen LogP contribution < -0.4 is 20.7 Å². The minimum Gasteiger partial charge on any atom is -0.493 e. The molecule has 6 nitrogen and oxygen atoms in total. The Balaban J connectivity index is 1.87. The molecule has 0 fully saturated rings. The van der Waals surface area contributed by atoms with Gasteiger partial charge in [-0.3, -0.25) is 9.59 Å². The first-order valence-corrected chi connectivity index (χ1v) is 8.56. The second-order valence-electron chi connectivity index (χ2n) is 6.40. The van der Waals surface area contributed by atoms with Gasteiger partial charge in [0.05, 0.1) is 13.2 Å². The third-order valence-electron chi connectivity index (χ3n) is 3.34. The van der Waals surface area contributed by atoms with E-state index in [0.29, 0.717) is 23.9 Å². The van der Waals surface area contributed by atoms with Gasteiger partial charge in [-0.1, -0.05) is 26.0 Å². The lowest BCUT2D eigenvalue weighted by atomic mass is 10.2. The van der Waals surface area contributed by atoms with Gasteiger partial charge >= 0.3 is 0 Å². The number of hydrogen-bond donors (Lipinski definition) is 3. The molecule has 0 saturated carbocycles. The number of hydrogen-bond acceptors (Lipinski definition) is 4. The molecule has 0 aliphatic rings. The smallest absolute Gasteiger partial charge is 0.243 e. The van der Waals surface area contributed by atoms with Crippen LogP contribution in [0.3, 0.4) is 0 Å². The van der Waals surface area contributed by atoms with Gasteiger partial charge in [0.1, 0.15) is 5.75 Å². The van der Waals surface area contributed by atoms with Crippen LogP contribution in [0.5, 0.6) is 5.75 Å². The predicted octanol–water partition coefficient (Wildman–Crippen LogP) is 3.73. The zero-order chi connectivity index (χ0) is 18.9. The fraction of sp³-hybridized carbons (Fsp3) is 0.300. The van der Waals surface area contributed by atoms with Crippen LogP contribution in [0.15, 0.2) is 48.5 Å². The van der Waals surface area contributed by atoms with Crippen LogP contribution in [0.1, 0.15) is 20.8 Å². The number of nitrogens with one attached hydrogen (secondary N) is 3. The topological polar surface area (TPSA) is 79.5 Å². The molecule has 2 amide bonds.